The maximum absolute atomic E-state index is 14.2. The lowest BCUT2D eigenvalue weighted by Crippen LogP contribution is -2.33. The van der Waals surface area contributed by atoms with E-state index in [-0.39, 0.29) is 44.2 Å². The van der Waals surface area contributed by atoms with E-state index in [0.717, 1.165) is 18.7 Å². The van der Waals surface area contributed by atoms with Gasteiger partial charge in [0.05, 0.1) is 53.0 Å². The van der Waals surface area contributed by atoms with Crippen molar-refractivity contribution in [3.05, 3.63) is 78.7 Å². The lowest BCUT2D eigenvalue weighted by Gasteiger charge is -2.24. The second-order valence-corrected chi connectivity index (χ2v) is 11.6. The number of nitro groups is 1. The van der Waals surface area contributed by atoms with Crippen LogP contribution < -0.4 is 25.7 Å². The molecule has 2 N–H and O–H groups in total. The molecule has 0 spiro atoms. The summed E-state index contributed by atoms with van der Waals surface area (Å²) >= 11 is 13.4. The quantitative estimate of drug-likeness (QED) is 0.154. The molecule has 5 rings (SSSR count). The molecule has 1 aliphatic rings. The highest BCUT2D eigenvalue weighted by molar-refractivity contribution is 6.41. The van der Waals surface area contributed by atoms with Gasteiger partial charge in [0.25, 0.3) is 11.2 Å². The number of fused-ring (bicyclic) bond motifs is 1. The number of aromatic nitrogens is 2. The van der Waals surface area contributed by atoms with E-state index in [1.807, 2.05) is 19.0 Å². The van der Waals surface area contributed by atoms with Gasteiger partial charge in [0.15, 0.2) is 0 Å². The van der Waals surface area contributed by atoms with Crippen molar-refractivity contribution in [2.45, 2.75) is 19.1 Å². The van der Waals surface area contributed by atoms with Gasteiger partial charge in [-0.05, 0) is 50.8 Å². The number of nitrogens with zero attached hydrogens (tertiary/aromatic N) is 4. The first-order chi connectivity index (χ1) is 21.6. The number of methoxy groups -OCH3 is 2. The van der Waals surface area contributed by atoms with E-state index in [4.69, 9.17) is 37.4 Å². The molecule has 238 valence electrons. The minimum Gasteiger partial charge on any atom is -0.495 e. The van der Waals surface area contributed by atoms with Crippen molar-refractivity contribution in [1.29, 1.82) is 0 Å². The van der Waals surface area contributed by atoms with E-state index in [0.29, 0.717) is 54.3 Å². The van der Waals surface area contributed by atoms with Crippen molar-refractivity contribution in [2.75, 3.05) is 59.9 Å². The Balaban J connectivity index is 1.64. The Morgan fingerprint density at radius 3 is 2.51 bits per heavy atom. The van der Waals surface area contributed by atoms with Gasteiger partial charge in [-0.25, -0.2) is 4.98 Å². The summed E-state index contributed by atoms with van der Waals surface area (Å²) < 4.78 is 18.4. The summed E-state index contributed by atoms with van der Waals surface area (Å²) in [5.74, 6) is 0.947. The number of nitro benzene ring substituents is 1. The number of morpholine rings is 1. The number of ether oxygens (including phenoxy) is 3. The summed E-state index contributed by atoms with van der Waals surface area (Å²) in [4.78, 5) is 32.2. The molecule has 45 heavy (non-hydrogen) atoms. The Bertz CT molecular complexity index is 1760. The topological polar surface area (TPSA) is 133 Å². The third-order valence-corrected chi connectivity index (χ3v) is 8.34. The maximum Gasteiger partial charge on any atom is 0.292 e. The van der Waals surface area contributed by atoms with Crippen LogP contribution >= 0.6 is 23.2 Å². The van der Waals surface area contributed by atoms with E-state index in [9.17, 15) is 14.9 Å². The van der Waals surface area contributed by atoms with Gasteiger partial charge in [-0.3, -0.25) is 14.9 Å². The first kappa shape index (κ1) is 32.5. The van der Waals surface area contributed by atoms with Gasteiger partial charge in [0.2, 0.25) is 0 Å². The van der Waals surface area contributed by atoms with Crippen LogP contribution in [0.15, 0.2) is 47.4 Å². The van der Waals surface area contributed by atoms with Gasteiger partial charge >= 0.3 is 0 Å². The number of rotatable bonds is 11. The molecule has 0 amide bonds. The van der Waals surface area contributed by atoms with Gasteiger partial charge in [-0.15, -0.1) is 0 Å². The molecule has 1 saturated heterocycles. The molecular formula is C31H34Cl2N6O6. The van der Waals surface area contributed by atoms with Gasteiger partial charge in [-0.1, -0.05) is 23.2 Å². The fourth-order valence-corrected chi connectivity index (χ4v) is 6.04. The van der Waals surface area contributed by atoms with E-state index in [1.165, 1.54) is 20.3 Å². The smallest absolute Gasteiger partial charge is 0.292 e. The minimum absolute atomic E-state index is 0.112. The summed E-state index contributed by atoms with van der Waals surface area (Å²) in [5.41, 5.74) is 1.75. The Hall–Kier alpha value is -3.94. The number of anilines is 2. The number of benzene rings is 2. The highest BCUT2D eigenvalue weighted by atomic mass is 35.5. The van der Waals surface area contributed by atoms with Crippen LogP contribution in [-0.4, -0.2) is 73.9 Å². The maximum atomic E-state index is 14.2. The van der Waals surface area contributed by atoms with Crippen molar-refractivity contribution in [3.8, 4) is 22.6 Å². The van der Waals surface area contributed by atoms with Crippen LogP contribution in [0.3, 0.4) is 0 Å². The van der Waals surface area contributed by atoms with Crippen molar-refractivity contribution >= 4 is 51.3 Å². The highest BCUT2D eigenvalue weighted by Crippen LogP contribution is 2.45. The third-order valence-electron chi connectivity index (χ3n) is 7.59. The van der Waals surface area contributed by atoms with Crippen LogP contribution in [-0.2, 0) is 11.3 Å². The third kappa shape index (κ3) is 6.85. The van der Waals surface area contributed by atoms with E-state index >= 15 is 0 Å². The Kier molecular flexibility index (Phi) is 10.1. The molecule has 3 heterocycles. The number of hydrogen-bond acceptors (Lipinski definition) is 10. The Labute approximate surface area is 270 Å². The number of halogens is 2. The van der Waals surface area contributed by atoms with Gasteiger partial charge < -0.3 is 34.3 Å². The van der Waals surface area contributed by atoms with Crippen molar-refractivity contribution in [2.24, 2.45) is 0 Å². The van der Waals surface area contributed by atoms with Gasteiger partial charge in [0.1, 0.15) is 23.0 Å². The van der Waals surface area contributed by atoms with Crippen LogP contribution in [0.1, 0.15) is 18.1 Å². The average molecular weight is 658 g/mol. The zero-order valence-electron chi connectivity index (χ0n) is 25.4. The second kappa shape index (κ2) is 14.0. The normalized spacial score (nSPS) is 15.0. The molecule has 1 aliphatic heterocycles. The fraction of sp³-hybridized carbons (Fsp3) is 0.355. The molecule has 2 aromatic heterocycles. The predicted octanol–water partition coefficient (Wildman–Crippen LogP) is 5.65. The molecule has 4 aromatic rings. The highest BCUT2D eigenvalue weighted by Gasteiger charge is 2.24. The monoisotopic (exact) mass is 656 g/mol. The zero-order valence-corrected chi connectivity index (χ0v) is 26.9. The molecule has 12 nitrogen and oxygen atoms in total. The fourth-order valence-electron chi connectivity index (χ4n) is 5.34. The number of pyridine rings is 2. The predicted molar refractivity (Wildman–Crippen MR) is 176 cm³/mol. The van der Waals surface area contributed by atoms with E-state index < -0.39 is 4.92 Å². The summed E-state index contributed by atoms with van der Waals surface area (Å²) in [5, 5.41) is 19.3. The summed E-state index contributed by atoms with van der Waals surface area (Å²) in [7, 11) is 6.85. The molecule has 14 heteroatoms. The summed E-state index contributed by atoms with van der Waals surface area (Å²) in [6, 6.07) is 9.81. The van der Waals surface area contributed by atoms with Gasteiger partial charge in [-0.2, -0.15) is 0 Å². The molecule has 1 fully saturated rings. The second-order valence-electron chi connectivity index (χ2n) is 10.8. The first-order valence-electron chi connectivity index (χ1n) is 14.3. The Morgan fingerprint density at radius 1 is 1.16 bits per heavy atom. The average Bonchev–Trinajstić information content (AvgIpc) is 3.03. The number of aryl methyl sites for hydroxylation is 1. The van der Waals surface area contributed by atoms with Crippen molar-refractivity contribution in [1.82, 2.24) is 19.8 Å². The standard InChI is InChI=1S/C31H34Cl2N6O6/c1-37(2)9-5-10-38-23-14-27(36-21-13-18(6-7-22(21)39(41)42)26-17-34-8-11-45-26)35-16-19(23)12-20(31(38)40)28-29(32)24(43-3)15-25(44-4)30(28)33/h6-7,12-16,26,34H,5,8-11,17H2,1-4H3,(H,35,36). The Morgan fingerprint density at radius 2 is 1.89 bits per heavy atom. The largest absolute Gasteiger partial charge is 0.495 e. The zero-order chi connectivity index (χ0) is 32.2. The summed E-state index contributed by atoms with van der Waals surface area (Å²) in [6.07, 6.45) is 2.04. The lowest BCUT2D eigenvalue weighted by molar-refractivity contribution is -0.383. The molecule has 2 aromatic carbocycles. The van der Waals surface area contributed by atoms with Crippen LogP contribution in [0.4, 0.5) is 17.2 Å². The molecular weight excluding hydrogens is 623 g/mol. The van der Waals surface area contributed by atoms with Crippen molar-refractivity contribution in [3.63, 3.8) is 0 Å². The molecule has 1 atom stereocenters. The van der Waals surface area contributed by atoms with E-state index in [2.05, 4.69) is 15.6 Å². The van der Waals surface area contributed by atoms with Crippen LogP contribution in [0.2, 0.25) is 10.0 Å². The minimum atomic E-state index is -0.452. The van der Waals surface area contributed by atoms with Crippen molar-refractivity contribution < 1.29 is 19.1 Å². The molecule has 0 aliphatic carbocycles. The number of hydrogen-bond donors (Lipinski definition) is 2. The SMILES string of the molecule is COc1cc(OC)c(Cl)c(-c2cc3cnc(Nc4cc(C5CNCCO5)ccc4[N+](=O)[O-])cc3n(CCCN(C)C)c2=O)c1Cl. The first-order valence-corrected chi connectivity index (χ1v) is 15.0. The number of nitrogens with one attached hydrogen (secondary N) is 2. The van der Waals surface area contributed by atoms with E-state index in [1.54, 1.807) is 41.1 Å². The van der Waals surface area contributed by atoms with Gasteiger partial charge in [0, 0.05) is 55.0 Å². The molecule has 0 bridgehead atoms. The van der Waals surface area contributed by atoms with Crippen LogP contribution in [0.25, 0.3) is 22.0 Å². The lowest BCUT2D eigenvalue weighted by atomic mass is 10.0. The molecule has 0 radical (unpaired) electrons. The van der Waals surface area contributed by atoms with Crippen LogP contribution in [0.5, 0.6) is 11.5 Å². The molecule has 0 saturated carbocycles. The summed E-state index contributed by atoms with van der Waals surface area (Å²) in [6.45, 7) is 3.00. The van der Waals surface area contributed by atoms with Crippen LogP contribution in [0, 0.1) is 10.1 Å². The molecule has 1 unspecified atom stereocenters.